The summed E-state index contributed by atoms with van der Waals surface area (Å²) < 4.78 is 15.3. The van der Waals surface area contributed by atoms with Crippen molar-refractivity contribution in [3.63, 3.8) is 0 Å². The van der Waals surface area contributed by atoms with Crippen LogP contribution in [0.3, 0.4) is 0 Å². The Bertz CT molecular complexity index is 685. The van der Waals surface area contributed by atoms with Crippen molar-refractivity contribution < 1.29 is 33.8 Å². The summed E-state index contributed by atoms with van der Waals surface area (Å²) in [5, 5.41) is 7.42. The first-order valence-electron chi connectivity index (χ1n) is 5.28. The molecule has 22 heavy (non-hydrogen) atoms. The second kappa shape index (κ2) is 7.36. The van der Waals surface area contributed by atoms with E-state index in [0.29, 0.717) is 0 Å². The fraction of sp³-hybridized carbons (Fsp3) is 0.200. The van der Waals surface area contributed by atoms with Crippen molar-refractivity contribution in [2.24, 2.45) is 0 Å². The van der Waals surface area contributed by atoms with Gasteiger partial charge < -0.3 is 19.6 Å². The minimum Gasteiger partial charge on any atom is -0.478 e. The van der Waals surface area contributed by atoms with Gasteiger partial charge in [-0.05, 0) is 0 Å². The number of esters is 1. The average Bonchev–Trinajstić information content (AvgIpc) is 2.38. The van der Waals surface area contributed by atoms with Crippen LogP contribution >= 0.6 is 54.0 Å². The first kappa shape index (κ1) is 19.5. The van der Waals surface area contributed by atoms with E-state index < -0.39 is 53.5 Å². The molecule has 0 aliphatic rings. The Morgan fingerprint density at radius 2 is 1.41 bits per heavy atom. The number of benzene rings is 1. The minimum absolute atomic E-state index is 0.347. The van der Waals surface area contributed by atoms with Crippen LogP contribution in [0.4, 0.5) is 0 Å². The van der Waals surface area contributed by atoms with Gasteiger partial charge in [-0.25, -0.2) is 9.59 Å². The van der Waals surface area contributed by atoms with E-state index in [1.807, 2.05) is 0 Å². The van der Waals surface area contributed by atoms with E-state index in [-0.39, 0.29) is 10.0 Å². The Balaban J connectivity index is 3.26. The summed E-state index contributed by atoms with van der Waals surface area (Å²) in [6.07, 6.45) is -0.742. The summed E-state index contributed by atoms with van der Waals surface area (Å²) in [5.41, 5.74) is -1.37. The largest absolute Gasteiger partial charge is 0.478 e. The number of carbonyl (C=O) groups excluding carboxylic acids is 1. The van der Waals surface area contributed by atoms with Gasteiger partial charge in [0.2, 0.25) is 0 Å². The molecule has 0 saturated carbocycles. The third-order valence-electron chi connectivity index (χ3n) is 2.30. The summed E-state index contributed by atoms with van der Waals surface area (Å²) in [7, 11) is -4.38. The van der Waals surface area contributed by atoms with Gasteiger partial charge in [-0.15, -0.1) is 0 Å². The molecule has 0 amide bonds. The maximum atomic E-state index is 11.9. The molecule has 0 aliphatic heterocycles. The predicted molar refractivity (Wildman–Crippen MR) is 80.6 cm³/mol. The highest BCUT2D eigenvalue weighted by molar-refractivity contribution is 7.51. The average molecular weight is 412 g/mol. The Morgan fingerprint density at radius 1 is 0.955 bits per heavy atom. The van der Waals surface area contributed by atoms with Crippen LogP contribution in [-0.4, -0.2) is 39.6 Å². The highest BCUT2D eigenvalue weighted by Gasteiger charge is 2.30. The zero-order valence-electron chi connectivity index (χ0n) is 10.3. The van der Waals surface area contributed by atoms with Crippen molar-refractivity contribution in [1.82, 2.24) is 0 Å². The Morgan fingerprint density at radius 3 is 1.82 bits per heavy atom. The lowest BCUT2D eigenvalue weighted by Crippen LogP contribution is -2.15. The van der Waals surface area contributed by atoms with Crippen molar-refractivity contribution in [2.75, 3.05) is 12.8 Å². The van der Waals surface area contributed by atoms with Crippen molar-refractivity contribution in [3.05, 3.63) is 31.2 Å². The van der Waals surface area contributed by atoms with Gasteiger partial charge >= 0.3 is 19.5 Å². The number of aromatic carboxylic acids is 1. The first-order chi connectivity index (χ1) is 9.97. The molecule has 0 aliphatic carbocycles. The molecule has 1 aromatic carbocycles. The Kier molecular flexibility index (Phi) is 6.53. The smallest absolute Gasteiger partial charge is 0.340 e. The SMILES string of the molecule is O=C(O)c1c(Cl)c(Cl)c(Cl)c(Cl)c1C(=O)OCCP(=O)(O)O. The summed E-state index contributed by atoms with van der Waals surface area (Å²) in [6.45, 7) is -0.656. The van der Waals surface area contributed by atoms with Crippen molar-refractivity contribution >= 4 is 65.9 Å². The van der Waals surface area contributed by atoms with E-state index >= 15 is 0 Å². The van der Waals surface area contributed by atoms with Crippen LogP contribution < -0.4 is 0 Å². The second-order valence-electron chi connectivity index (χ2n) is 3.84. The van der Waals surface area contributed by atoms with Crippen molar-refractivity contribution in [3.8, 4) is 0 Å². The quantitative estimate of drug-likeness (QED) is 0.294. The molecule has 0 bridgehead atoms. The zero-order chi connectivity index (χ0) is 17.2. The molecule has 0 radical (unpaired) electrons. The van der Waals surface area contributed by atoms with Gasteiger partial charge in [0.15, 0.2) is 0 Å². The summed E-state index contributed by atoms with van der Waals surface area (Å²) in [5.74, 6) is -2.86. The first-order valence-corrected chi connectivity index (χ1v) is 8.59. The molecular formula is C10H7Cl4O7P. The third-order valence-corrected chi connectivity index (χ3v) is 4.87. The molecule has 0 fully saturated rings. The summed E-state index contributed by atoms with van der Waals surface area (Å²) >= 11 is 23.0. The van der Waals surface area contributed by atoms with Gasteiger partial charge in [-0.2, -0.15) is 0 Å². The van der Waals surface area contributed by atoms with Gasteiger partial charge in [0.05, 0.1) is 37.4 Å². The molecule has 0 atom stereocenters. The number of hydrogen-bond acceptors (Lipinski definition) is 4. The summed E-state index contributed by atoms with van der Waals surface area (Å²) in [4.78, 5) is 40.5. The lowest BCUT2D eigenvalue weighted by atomic mass is 10.1. The van der Waals surface area contributed by atoms with Crippen molar-refractivity contribution in [2.45, 2.75) is 0 Å². The molecule has 122 valence electrons. The van der Waals surface area contributed by atoms with Crippen LogP contribution in [0.5, 0.6) is 0 Å². The fourth-order valence-corrected chi connectivity index (χ4v) is 2.69. The fourth-order valence-electron chi connectivity index (χ4n) is 1.35. The Hall–Kier alpha value is -0.530. The number of carbonyl (C=O) groups is 2. The summed E-state index contributed by atoms with van der Waals surface area (Å²) in [6, 6.07) is 0. The molecular weight excluding hydrogens is 405 g/mol. The lowest BCUT2D eigenvalue weighted by Gasteiger charge is -2.13. The van der Waals surface area contributed by atoms with Crippen LogP contribution in [0.1, 0.15) is 20.7 Å². The van der Waals surface area contributed by atoms with Crippen LogP contribution in [0.15, 0.2) is 0 Å². The lowest BCUT2D eigenvalue weighted by molar-refractivity contribution is 0.0514. The van der Waals surface area contributed by atoms with E-state index in [2.05, 4.69) is 4.74 Å². The number of carboxylic acid groups (broad SMARTS) is 1. The van der Waals surface area contributed by atoms with E-state index in [0.717, 1.165) is 0 Å². The molecule has 0 spiro atoms. The van der Waals surface area contributed by atoms with Crippen LogP contribution in [0.25, 0.3) is 0 Å². The van der Waals surface area contributed by atoms with E-state index in [4.69, 9.17) is 61.3 Å². The molecule has 3 N–H and O–H groups in total. The molecule has 0 unspecified atom stereocenters. The highest BCUT2D eigenvalue weighted by Crippen LogP contribution is 2.42. The maximum absolute atomic E-state index is 11.9. The number of rotatable bonds is 5. The van der Waals surface area contributed by atoms with Crippen molar-refractivity contribution in [1.29, 1.82) is 0 Å². The van der Waals surface area contributed by atoms with Gasteiger partial charge in [-0.1, -0.05) is 46.4 Å². The zero-order valence-corrected chi connectivity index (χ0v) is 14.3. The topological polar surface area (TPSA) is 121 Å². The minimum atomic E-state index is -4.38. The number of ether oxygens (including phenoxy) is 1. The second-order valence-corrected chi connectivity index (χ2v) is 7.12. The van der Waals surface area contributed by atoms with E-state index in [1.54, 1.807) is 0 Å². The van der Waals surface area contributed by atoms with Gasteiger partial charge in [0.25, 0.3) is 0 Å². The monoisotopic (exact) mass is 410 g/mol. The van der Waals surface area contributed by atoms with Gasteiger partial charge in [-0.3, -0.25) is 4.57 Å². The van der Waals surface area contributed by atoms with Crippen LogP contribution in [-0.2, 0) is 9.30 Å². The molecule has 0 aromatic heterocycles. The molecule has 7 nitrogen and oxygen atoms in total. The maximum Gasteiger partial charge on any atom is 0.340 e. The molecule has 1 aromatic rings. The number of carboxylic acids is 1. The van der Waals surface area contributed by atoms with E-state index in [1.165, 1.54) is 0 Å². The number of hydrogen-bond donors (Lipinski definition) is 3. The van der Waals surface area contributed by atoms with Crippen LogP contribution in [0.2, 0.25) is 20.1 Å². The molecule has 12 heteroatoms. The molecule has 1 rings (SSSR count). The third kappa shape index (κ3) is 4.49. The normalized spacial score (nSPS) is 11.4. The van der Waals surface area contributed by atoms with Gasteiger partial charge in [0, 0.05) is 0 Å². The standard InChI is InChI=1S/C10H7Cl4O7P/c11-5-3(9(15)16)4(6(12)8(14)7(5)13)10(17)21-1-2-22(18,19)20/h1-2H2,(H,15,16)(H2,18,19,20). The van der Waals surface area contributed by atoms with Crippen LogP contribution in [0, 0.1) is 0 Å². The Labute approximate surface area is 143 Å². The van der Waals surface area contributed by atoms with E-state index in [9.17, 15) is 14.2 Å². The number of halogens is 4. The molecule has 0 saturated heterocycles. The predicted octanol–water partition coefficient (Wildman–Crippen LogP) is 3.33. The molecule has 0 heterocycles. The van der Waals surface area contributed by atoms with Gasteiger partial charge in [0.1, 0.15) is 6.61 Å². The highest BCUT2D eigenvalue weighted by atomic mass is 35.5.